The van der Waals surface area contributed by atoms with Crippen molar-refractivity contribution in [2.24, 2.45) is 5.84 Å². The van der Waals surface area contributed by atoms with Crippen LogP contribution in [0, 0.1) is 0 Å². The summed E-state index contributed by atoms with van der Waals surface area (Å²) < 4.78 is 0. The average Bonchev–Trinajstić information content (AvgIpc) is 2.81. The maximum Gasteiger partial charge on any atom is 0.0420 e. The minimum atomic E-state index is 0.354. The van der Waals surface area contributed by atoms with Gasteiger partial charge in [0.25, 0.3) is 0 Å². The Kier molecular flexibility index (Phi) is 4.00. The summed E-state index contributed by atoms with van der Waals surface area (Å²) in [6.07, 6.45) is 5.35. The van der Waals surface area contributed by atoms with E-state index in [4.69, 9.17) is 5.84 Å². The maximum atomic E-state index is 5.61. The molecule has 0 aliphatic carbocycles. The molecule has 0 spiro atoms. The molecule has 1 aromatic rings. The number of nitrogens with two attached hydrogens (primary N) is 1. The third kappa shape index (κ3) is 2.93. The number of thioether (sulfide) groups is 1. The molecule has 82 valence electrons. The smallest absolute Gasteiger partial charge is 0.0420 e. The van der Waals surface area contributed by atoms with Gasteiger partial charge in [0.05, 0.1) is 0 Å². The molecule has 1 aromatic heterocycles. The zero-order valence-electron chi connectivity index (χ0n) is 8.73. The lowest BCUT2D eigenvalue weighted by atomic mass is 10.0. The van der Waals surface area contributed by atoms with Gasteiger partial charge < -0.3 is 0 Å². The summed E-state index contributed by atoms with van der Waals surface area (Å²) in [5, 5.41) is 0.650. The molecule has 1 aliphatic rings. The fourth-order valence-electron chi connectivity index (χ4n) is 1.96. The van der Waals surface area contributed by atoms with Gasteiger partial charge in [-0.2, -0.15) is 11.8 Å². The van der Waals surface area contributed by atoms with Gasteiger partial charge in [0.15, 0.2) is 0 Å². The first-order valence-corrected chi connectivity index (χ1v) is 6.42. The van der Waals surface area contributed by atoms with Crippen LogP contribution in [0.3, 0.4) is 0 Å². The van der Waals surface area contributed by atoms with Crippen molar-refractivity contribution in [3.8, 4) is 0 Å². The van der Waals surface area contributed by atoms with Crippen molar-refractivity contribution in [3.63, 3.8) is 0 Å². The number of aromatic nitrogens is 1. The molecule has 4 heteroatoms. The summed E-state index contributed by atoms with van der Waals surface area (Å²) in [4.78, 5) is 4.33. The molecule has 0 saturated carbocycles. The van der Waals surface area contributed by atoms with E-state index < -0.39 is 0 Å². The monoisotopic (exact) mass is 223 g/mol. The summed E-state index contributed by atoms with van der Waals surface area (Å²) in [7, 11) is 0. The molecule has 2 unspecified atom stereocenters. The summed E-state index contributed by atoms with van der Waals surface area (Å²) in [6, 6.07) is 6.38. The van der Waals surface area contributed by atoms with Crippen molar-refractivity contribution in [2.75, 3.05) is 5.75 Å². The molecule has 1 fully saturated rings. The molecule has 0 amide bonds. The number of nitrogens with one attached hydrogen (secondary N) is 1. The summed E-state index contributed by atoms with van der Waals surface area (Å²) >= 11 is 2.02. The van der Waals surface area contributed by atoms with Crippen LogP contribution in [0.2, 0.25) is 0 Å². The van der Waals surface area contributed by atoms with Crippen molar-refractivity contribution in [2.45, 2.75) is 30.6 Å². The van der Waals surface area contributed by atoms with Gasteiger partial charge in [-0.15, -0.1) is 0 Å². The van der Waals surface area contributed by atoms with E-state index in [9.17, 15) is 0 Å². The molecular weight excluding hydrogens is 206 g/mol. The lowest BCUT2D eigenvalue weighted by Crippen LogP contribution is -2.43. The fraction of sp³-hybridized carbons (Fsp3) is 0.545. The third-order valence-corrected chi connectivity index (χ3v) is 4.30. The lowest BCUT2D eigenvalue weighted by molar-refractivity contribution is 0.491. The van der Waals surface area contributed by atoms with Crippen LogP contribution in [-0.4, -0.2) is 22.0 Å². The number of rotatable bonds is 4. The molecule has 1 saturated heterocycles. The van der Waals surface area contributed by atoms with Gasteiger partial charge in [0, 0.05) is 29.6 Å². The SMILES string of the molecule is NNC(Cc1ccccn1)C1CCCS1. The minimum absolute atomic E-state index is 0.354. The highest BCUT2D eigenvalue weighted by Crippen LogP contribution is 2.29. The van der Waals surface area contributed by atoms with E-state index in [1.54, 1.807) is 0 Å². The minimum Gasteiger partial charge on any atom is -0.271 e. The highest BCUT2D eigenvalue weighted by Gasteiger charge is 2.24. The van der Waals surface area contributed by atoms with E-state index in [2.05, 4.69) is 16.5 Å². The van der Waals surface area contributed by atoms with Crippen LogP contribution in [0.1, 0.15) is 18.5 Å². The molecule has 15 heavy (non-hydrogen) atoms. The van der Waals surface area contributed by atoms with E-state index in [1.165, 1.54) is 18.6 Å². The van der Waals surface area contributed by atoms with Crippen molar-refractivity contribution < 1.29 is 0 Å². The average molecular weight is 223 g/mol. The van der Waals surface area contributed by atoms with E-state index in [0.29, 0.717) is 11.3 Å². The van der Waals surface area contributed by atoms with Gasteiger partial charge in [-0.1, -0.05) is 6.07 Å². The standard InChI is InChI=1S/C11H17N3S/c12-14-10(11-5-3-7-15-11)8-9-4-1-2-6-13-9/h1-2,4,6,10-11,14H,3,5,7-8,12H2. The van der Waals surface area contributed by atoms with Gasteiger partial charge >= 0.3 is 0 Å². The highest BCUT2D eigenvalue weighted by atomic mass is 32.2. The predicted octanol–water partition coefficient (Wildman–Crippen LogP) is 1.35. The first-order valence-electron chi connectivity index (χ1n) is 5.38. The molecule has 3 nitrogen and oxygen atoms in total. The number of pyridine rings is 1. The maximum absolute atomic E-state index is 5.61. The summed E-state index contributed by atoms with van der Waals surface area (Å²) in [5.74, 6) is 6.88. The van der Waals surface area contributed by atoms with Crippen LogP contribution in [0.4, 0.5) is 0 Å². The second-order valence-corrected chi connectivity index (χ2v) is 5.20. The Balaban J connectivity index is 1.96. The highest BCUT2D eigenvalue weighted by molar-refractivity contribution is 8.00. The molecule has 2 rings (SSSR count). The Bertz CT molecular complexity index is 285. The van der Waals surface area contributed by atoms with E-state index in [0.717, 1.165) is 12.1 Å². The van der Waals surface area contributed by atoms with Crippen LogP contribution < -0.4 is 11.3 Å². The number of hydrogen-bond donors (Lipinski definition) is 2. The molecule has 0 aromatic carbocycles. The van der Waals surface area contributed by atoms with Crippen molar-refractivity contribution in [3.05, 3.63) is 30.1 Å². The Labute approximate surface area is 94.8 Å². The predicted molar refractivity (Wildman–Crippen MR) is 64.5 cm³/mol. The molecule has 1 aliphatic heterocycles. The van der Waals surface area contributed by atoms with Crippen molar-refractivity contribution in [1.82, 2.24) is 10.4 Å². The van der Waals surface area contributed by atoms with Crippen LogP contribution in [0.5, 0.6) is 0 Å². The van der Waals surface area contributed by atoms with E-state index >= 15 is 0 Å². The first-order chi connectivity index (χ1) is 7.40. The molecule has 0 bridgehead atoms. The Morgan fingerprint density at radius 1 is 1.60 bits per heavy atom. The number of hydrazine groups is 1. The van der Waals surface area contributed by atoms with Crippen molar-refractivity contribution in [1.29, 1.82) is 0 Å². The third-order valence-electron chi connectivity index (χ3n) is 2.78. The Morgan fingerprint density at radius 2 is 2.53 bits per heavy atom. The Morgan fingerprint density at radius 3 is 3.13 bits per heavy atom. The van der Waals surface area contributed by atoms with Crippen LogP contribution in [0.25, 0.3) is 0 Å². The van der Waals surface area contributed by atoms with Gasteiger partial charge in [-0.05, 0) is 30.7 Å². The molecule has 2 atom stereocenters. The molecule has 0 radical (unpaired) electrons. The van der Waals surface area contributed by atoms with Gasteiger partial charge in [0.2, 0.25) is 0 Å². The second kappa shape index (κ2) is 5.49. The van der Waals surface area contributed by atoms with Crippen LogP contribution in [0.15, 0.2) is 24.4 Å². The topological polar surface area (TPSA) is 50.9 Å². The van der Waals surface area contributed by atoms with E-state index in [-0.39, 0.29) is 0 Å². The summed E-state index contributed by atoms with van der Waals surface area (Å²) in [6.45, 7) is 0. The second-order valence-electron chi connectivity index (χ2n) is 3.85. The molecule has 3 N–H and O–H groups in total. The fourth-order valence-corrected chi connectivity index (χ4v) is 3.34. The number of nitrogens with zero attached hydrogens (tertiary/aromatic N) is 1. The van der Waals surface area contributed by atoms with Gasteiger partial charge in [-0.3, -0.25) is 16.3 Å². The number of hydrogen-bond acceptors (Lipinski definition) is 4. The molecular formula is C11H17N3S. The van der Waals surface area contributed by atoms with Gasteiger partial charge in [0.1, 0.15) is 0 Å². The van der Waals surface area contributed by atoms with Crippen molar-refractivity contribution >= 4 is 11.8 Å². The zero-order valence-corrected chi connectivity index (χ0v) is 9.54. The largest absolute Gasteiger partial charge is 0.271 e. The normalized spacial score (nSPS) is 22.9. The van der Waals surface area contributed by atoms with E-state index in [1.807, 2.05) is 30.1 Å². The lowest BCUT2D eigenvalue weighted by Gasteiger charge is -2.21. The summed E-state index contributed by atoms with van der Waals surface area (Å²) in [5.41, 5.74) is 4.05. The van der Waals surface area contributed by atoms with Gasteiger partial charge in [-0.25, -0.2) is 0 Å². The molecule has 2 heterocycles. The Hall–Kier alpha value is -0.580. The first kappa shape index (κ1) is 10.9. The van der Waals surface area contributed by atoms with Crippen LogP contribution in [-0.2, 0) is 6.42 Å². The quantitative estimate of drug-likeness (QED) is 0.597. The zero-order chi connectivity index (χ0) is 10.5. The van der Waals surface area contributed by atoms with Crippen LogP contribution >= 0.6 is 11.8 Å².